The van der Waals surface area contributed by atoms with Crippen molar-refractivity contribution in [3.8, 4) is 0 Å². The minimum atomic E-state index is -0.353. The number of nitrogens with zero attached hydrogens (tertiary/aromatic N) is 2. The molecule has 1 unspecified atom stereocenters. The Hall–Kier alpha value is -1.49. The van der Waals surface area contributed by atoms with E-state index in [0.29, 0.717) is 0 Å². The lowest BCUT2D eigenvalue weighted by Gasteiger charge is -2.30. The first kappa shape index (κ1) is 13.0. The van der Waals surface area contributed by atoms with Crippen molar-refractivity contribution in [1.82, 2.24) is 10.3 Å². The summed E-state index contributed by atoms with van der Waals surface area (Å²) >= 11 is 5.53. The van der Waals surface area contributed by atoms with Crippen LogP contribution in [0.2, 0.25) is 0 Å². The van der Waals surface area contributed by atoms with E-state index in [1.165, 1.54) is 0 Å². The molecule has 0 bridgehead atoms. The maximum atomic E-state index is 5.53. The Balaban J connectivity index is 2.54. The molecule has 0 spiro atoms. The molecule has 18 heavy (non-hydrogen) atoms. The molecule has 1 aliphatic rings. The highest BCUT2D eigenvalue weighted by atomic mass is 32.1. The quantitative estimate of drug-likeness (QED) is 0.670. The zero-order chi connectivity index (χ0) is 13.0. The van der Waals surface area contributed by atoms with E-state index in [-0.39, 0.29) is 5.41 Å². The first-order valence-corrected chi connectivity index (χ1v) is 6.39. The highest BCUT2D eigenvalue weighted by Gasteiger charge is 2.45. The second-order valence-electron chi connectivity index (χ2n) is 4.30. The number of hydrogen-bond acceptors (Lipinski definition) is 4. The van der Waals surface area contributed by atoms with Crippen LogP contribution in [0.15, 0.2) is 29.7 Å². The van der Waals surface area contributed by atoms with Crippen LogP contribution in [-0.2, 0) is 10.3 Å². The van der Waals surface area contributed by atoms with Crippen LogP contribution in [0.5, 0.6) is 0 Å². The largest absolute Gasteiger partial charge is 0.399 e. The molecule has 96 valence electrons. The van der Waals surface area contributed by atoms with Crippen molar-refractivity contribution in [3.63, 3.8) is 0 Å². The van der Waals surface area contributed by atoms with E-state index in [0.717, 1.165) is 35.5 Å². The van der Waals surface area contributed by atoms with Gasteiger partial charge in [0.1, 0.15) is 7.11 Å². The van der Waals surface area contributed by atoms with Gasteiger partial charge in [-0.2, -0.15) is 0 Å². The molecule has 1 aromatic rings. The topological polar surface area (TPSA) is 46.5 Å². The van der Waals surface area contributed by atoms with Crippen LogP contribution in [0, 0.1) is 0 Å². The van der Waals surface area contributed by atoms with Crippen LogP contribution in [0.25, 0.3) is 0 Å². The molecule has 5 heteroatoms. The van der Waals surface area contributed by atoms with Gasteiger partial charge in [0.25, 0.3) is 0 Å². The third kappa shape index (κ3) is 1.99. The number of rotatable bonds is 3. The molecule has 1 N–H and O–H groups in total. The molecule has 1 atom stereocenters. The number of thiocarbonyl (C=S) groups is 1. The first-order chi connectivity index (χ1) is 8.75. The van der Waals surface area contributed by atoms with Crippen molar-refractivity contribution in [1.29, 1.82) is 0 Å². The van der Waals surface area contributed by atoms with Gasteiger partial charge in [0.05, 0.1) is 16.1 Å². The number of pyridine rings is 1. The SMILES string of the molecule is CNC(=S)C1(c2cccnc2)CCC/C1=N/OC. The molecule has 0 aromatic carbocycles. The maximum Gasteiger partial charge on any atom is 0.106 e. The molecule has 4 nitrogen and oxygen atoms in total. The lowest BCUT2D eigenvalue weighted by Crippen LogP contribution is -2.45. The summed E-state index contributed by atoms with van der Waals surface area (Å²) in [5, 5.41) is 7.29. The summed E-state index contributed by atoms with van der Waals surface area (Å²) in [6.45, 7) is 0. The molecule has 0 aliphatic heterocycles. The maximum absolute atomic E-state index is 5.53. The lowest BCUT2D eigenvalue weighted by molar-refractivity contribution is 0.211. The summed E-state index contributed by atoms with van der Waals surface area (Å²) in [4.78, 5) is 9.96. The van der Waals surface area contributed by atoms with Gasteiger partial charge in [-0.3, -0.25) is 4.98 Å². The number of likely N-dealkylation sites (N-methyl/N-ethyl adjacent to an activating group) is 1. The zero-order valence-corrected chi connectivity index (χ0v) is 11.5. The monoisotopic (exact) mass is 263 g/mol. The van der Waals surface area contributed by atoms with E-state index >= 15 is 0 Å². The fourth-order valence-corrected chi connectivity index (χ4v) is 2.97. The van der Waals surface area contributed by atoms with Crippen molar-refractivity contribution in [2.24, 2.45) is 5.16 Å². The number of aromatic nitrogens is 1. The van der Waals surface area contributed by atoms with E-state index in [1.54, 1.807) is 13.3 Å². The van der Waals surface area contributed by atoms with Crippen LogP contribution < -0.4 is 5.32 Å². The van der Waals surface area contributed by atoms with Crippen molar-refractivity contribution < 1.29 is 4.84 Å². The highest BCUT2D eigenvalue weighted by molar-refractivity contribution is 7.80. The standard InChI is InChI=1S/C13H17N3OS/c1-14-12(18)13(10-5-4-8-15-9-10)7-3-6-11(13)16-17-2/h4-5,8-9H,3,6-7H2,1-2H3,(H,14,18)/b16-11-. The molecular weight excluding hydrogens is 246 g/mol. The van der Waals surface area contributed by atoms with Gasteiger partial charge in [-0.15, -0.1) is 0 Å². The Labute approximate surface area is 112 Å². The second kappa shape index (κ2) is 5.44. The molecule has 1 aliphatic carbocycles. The van der Waals surface area contributed by atoms with Crippen molar-refractivity contribution in [2.75, 3.05) is 14.2 Å². The fourth-order valence-electron chi connectivity index (χ4n) is 2.63. The smallest absolute Gasteiger partial charge is 0.106 e. The number of nitrogens with one attached hydrogen (secondary N) is 1. The van der Waals surface area contributed by atoms with Crippen molar-refractivity contribution >= 4 is 22.9 Å². The molecule has 1 heterocycles. The van der Waals surface area contributed by atoms with Gasteiger partial charge in [0, 0.05) is 19.4 Å². The van der Waals surface area contributed by atoms with Crippen LogP contribution in [0.4, 0.5) is 0 Å². The molecule has 1 saturated carbocycles. The van der Waals surface area contributed by atoms with Gasteiger partial charge in [-0.25, -0.2) is 0 Å². The third-order valence-electron chi connectivity index (χ3n) is 3.43. The van der Waals surface area contributed by atoms with Gasteiger partial charge >= 0.3 is 0 Å². The van der Waals surface area contributed by atoms with Gasteiger partial charge < -0.3 is 10.2 Å². The first-order valence-electron chi connectivity index (χ1n) is 5.99. The van der Waals surface area contributed by atoms with Gasteiger partial charge in [0.15, 0.2) is 0 Å². The van der Waals surface area contributed by atoms with E-state index < -0.39 is 0 Å². The molecule has 2 rings (SSSR count). The third-order valence-corrected chi connectivity index (χ3v) is 3.98. The lowest BCUT2D eigenvalue weighted by atomic mass is 9.78. The Morgan fingerprint density at radius 2 is 2.44 bits per heavy atom. The summed E-state index contributed by atoms with van der Waals surface area (Å²) in [6, 6.07) is 3.98. The molecule has 1 aromatic heterocycles. The predicted molar refractivity (Wildman–Crippen MR) is 75.9 cm³/mol. The summed E-state index contributed by atoms with van der Waals surface area (Å²) in [6.07, 6.45) is 6.53. The second-order valence-corrected chi connectivity index (χ2v) is 4.71. The highest BCUT2D eigenvalue weighted by Crippen LogP contribution is 2.39. The van der Waals surface area contributed by atoms with Crippen LogP contribution in [-0.4, -0.2) is 29.8 Å². The zero-order valence-electron chi connectivity index (χ0n) is 10.6. The van der Waals surface area contributed by atoms with Crippen LogP contribution in [0.3, 0.4) is 0 Å². The minimum Gasteiger partial charge on any atom is -0.399 e. The normalized spacial score (nSPS) is 25.1. The Morgan fingerprint density at radius 3 is 3.06 bits per heavy atom. The molecule has 0 saturated heterocycles. The van der Waals surface area contributed by atoms with Crippen LogP contribution in [0.1, 0.15) is 24.8 Å². The summed E-state index contributed by atoms with van der Waals surface area (Å²) in [5.74, 6) is 0. The average Bonchev–Trinajstić information content (AvgIpc) is 2.84. The Bertz CT molecular complexity index is 461. The summed E-state index contributed by atoms with van der Waals surface area (Å²) < 4.78 is 0. The number of oxime groups is 1. The van der Waals surface area contributed by atoms with Crippen molar-refractivity contribution in [2.45, 2.75) is 24.7 Å². The van der Waals surface area contributed by atoms with Crippen LogP contribution >= 0.6 is 12.2 Å². The van der Waals surface area contributed by atoms with E-state index in [4.69, 9.17) is 17.1 Å². The summed E-state index contributed by atoms with van der Waals surface area (Å²) in [7, 11) is 3.42. The van der Waals surface area contributed by atoms with E-state index in [1.807, 2.05) is 25.4 Å². The van der Waals surface area contributed by atoms with Gasteiger partial charge in [-0.05, 0) is 30.9 Å². The molecule has 1 fully saturated rings. The molecule has 0 amide bonds. The van der Waals surface area contributed by atoms with Crippen molar-refractivity contribution in [3.05, 3.63) is 30.1 Å². The van der Waals surface area contributed by atoms with E-state index in [2.05, 4.69) is 15.5 Å². The minimum absolute atomic E-state index is 0.353. The summed E-state index contributed by atoms with van der Waals surface area (Å²) in [5.41, 5.74) is 1.71. The van der Waals surface area contributed by atoms with Gasteiger partial charge in [0.2, 0.25) is 0 Å². The fraction of sp³-hybridized carbons (Fsp3) is 0.462. The number of hydrogen-bond donors (Lipinski definition) is 1. The van der Waals surface area contributed by atoms with E-state index in [9.17, 15) is 0 Å². The van der Waals surface area contributed by atoms with Gasteiger partial charge in [-0.1, -0.05) is 23.4 Å². The molecule has 0 radical (unpaired) electrons. The average molecular weight is 263 g/mol. The molecular formula is C13H17N3OS. The Kier molecular flexibility index (Phi) is 3.91. The Morgan fingerprint density at radius 1 is 1.61 bits per heavy atom. The predicted octanol–water partition coefficient (Wildman–Crippen LogP) is 2.05.